The fraction of sp³-hybridized carbons (Fsp3) is 0.269. The molecular weight excluding hydrogens is 411 g/mol. The average Bonchev–Trinajstić information content (AvgIpc) is 3.09. The zero-order valence-corrected chi connectivity index (χ0v) is 18.6. The normalized spacial score (nSPS) is 24.9. The minimum Gasteiger partial charge on any atom is -0.309 e. The molecule has 0 amide bonds. The molecule has 3 atom stereocenters. The van der Waals surface area contributed by atoms with Gasteiger partial charge in [0.15, 0.2) is 0 Å². The van der Waals surface area contributed by atoms with E-state index in [-0.39, 0.29) is 17.4 Å². The molecule has 2 aliphatic rings. The molecule has 30 heavy (non-hydrogen) atoms. The van der Waals surface area contributed by atoms with Crippen LogP contribution in [0.4, 0.5) is 5.69 Å². The number of aliphatic imine (C=N–C) groups is 1. The SMILES string of the molecule is Cc1ccc(C)c([C@@H]2NCC[C@H](c3cccc(Cl)c3)[C@@]23C=Nc2cc(Cl)ccc23)c1. The Morgan fingerprint density at radius 3 is 2.63 bits per heavy atom. The van der Waals surface area contributed by atoms with Gasteiger partial charge < -0.3 is 5.32 Å². The zero-order chi connectivity index (χ0) is 20.9. The quantitative estimate of drug-likeness (QED) is 0.457. The molecule has 0 bridgehead atoms. The van der Waals surface area contributed by atoms with Gasteiger partial charge in [0.25, 0.3) is 0 Å². The molecule has 4 heteroatoms. The van der Waals surface area contributed by atoms with Gasteiger partial charge >= 0.3 is 0 Å². The van der Waals surface area contributed by atoms with Crippen molar-refractivity contribution in [1.82, 2.24) is 5.32 Å². The summed E-state index contributed by atoms with van der Waals surface area (Å²) >= 11 is 12.7. The molecule has 1 N–H and O–H groups in total. The van der Waals surface area contributed by atoms with Crippen LogP contribution in [0.25, 0.3) is 0 Å². The largest absolute Gasteiger partial charge is 0.309 e. The molecule has 1 fully saturated rings. The number of hydrogen-bond acceptors (Lipinski definition) is 2. The highest BCUT2D eigenvalue weighted by atomic mass is 35.5. The Morgan fingerprint density at radius 1 is 0.967 bits per heavy atom. The summed E-state index contributed by atoms with van der Waals surface area (Å²) in [5.41, 5.74) is 7.04. The van der Waals surface area contributed by atoms with Gasteiger partial charge in [0.1, 0.15) is 0 Å². The van der Waals surface area contributed by atoms with Gasteiger partial charge in [-0.3, -0.25) is 4.99 Å². The summed E-state index contributed by atoms with van der Waals surface area (Å²) in [5, 5.41) is 5.34. The van der Waals surface area contributed by atoms with Crippen LogP contribution >= 0.6 is 23.2 Å². The second kappa shape index (κ2) is 7.53. The molecular formula is C26H24Cl2N2. The summed E-state index contributed by atoms with van der Waals surface area (Å²) in [6.45, 7) is 5.29. The van der Waals surface area contributed by atoms with Gasteiger partial charge in [-0.1, -0.05) is 65.2 Å². The Morgan fingerprint density at radius 2 is 1.80 bits per heavy atom. The fourth-order valence-corrected chi connectivity index (χ4v) is 5.68. The van der Waals surface area contributed by atoms with Crippen molar-refractivity contribution < 1.29 is 0 Å². The highest BCUT2D eigenvalue weighted by Gasteiger charge is 2.52. The van der Waals surface area contributed by atoms with Crippen LogP contribution in [0, 0.1) is 13.8 Å². The lowest BCUT2D eigenvalue weighted by molar-refractivity contribution is 0.269. The smallest absolute Gasteiger partial charge is 0.0683 e. The van der Waals surface area contributed by atoms with E-state index in [4.69, 9.17) is 28.2 Å². The maximum atomic E-state index is 6.41. The fourth-order valence-electron chi connectivity index (χ4n) is 5.32. The summed E-state index contributed by atoms with van der Waals surface area (Å²) in [6, 6.07) is 21.3. The van der Waals surface area contributed by atoms with Crippen molar-refractivity contribution in [3.8, 4) is 0 Å². The number of nitrogens with zero attached hydrogens (tertiary/aromatic N) is 1. The standard InChI is InChI=1S/C26H24Cl2N2/c1-16-6-7-17(2)21(12-16)25-26(15-30-24-14-20(28)8-9-23(24)26)22(10-11-29-25)18-4-3-5-19(27)13-18/h3-9,12-15,22,25,29H,10-11H2,1-2H3/t22-,25+,26-/m1/s1. The van der Waals surface area contributed by atoms with Crippen molar-refractivity contribution in [3.05, 3.63) is 98.5 Å². The molecule has 1 spiro atoms. The predicted molar refractivity (Wildman–Crippen MR) is 127 cm³/mol. The van der Waals surface area contributed by atoms with Crippen LogP contribution in [-0.2, 0) is 5.41 Å². The topological polar surface area (TPSA) is 24.4 Å². The van der Waals surface area contributed by atoms with Crippen molar-refractivity contribution in [2.75, 3.05) is 6.54 Å². The molecule has 1 saturated heterocycles. The highest BCUT2D eigenvalue weighted by molar-refractivity contribution is 6.31. The summed E-state index contributed by atoms with van der Waals surface area (Å²) in [4.78, 5) is 4.88. The lowest BCUT2D eigenvalue weighted by Crippen LogP contribution is -2.51. The van der Waals surface area contributed by atoms with Crippen LogP contribution in [0.2, 0.25) is 10.0 Å². The van der Waals surface area contributed by atoms with Gasteiger partial charge in [-0.25, -0.2) is 0 Å². The number of rotatable bonds is 2. The maximum Gasteiger partial charge on any atom is 0.0683 e. The number of fused-ring (bicyclic) bond motifs is 2. The molecule has 0 radical (unpaired) electrons. The van der Waals surface area contributed by atoms with E-state index >= 15 is 0 Å². The van der Waals surface area contributed by atoms with E-state index in [1.165, 1.54) is 27.8 Å². The summed E-state index contributed by atoms with van der Waals surface area (Å²) in [6.07, 6.45) is 3.17. The van der Waals surface area contributed by atoms with Gasteiger partial charge in [-0.2, -0.15) is 0 Å². The molecule has 0 aromatic heterocycles. The van der Waals surface area contributed by atoms with E-state index in [1.807, 2.05) is 18.2 Å². The van der Waals surface area contributed by atoms with E-state index in [1.54, 1.807) is 0 Å². The third-order valence-electron chi connectivity index (χ3n) is 6.68. The van der Waals surface area contributed by atoms with Crippen molar-refractivity contribution in [2.24, 2.45) is 4.99 Å². The van der Waals surface area contributed by atoms with Crippen LogP contribution in [0.3, 0.4) is 0 Å². The van der Waals surface area contributed by atoms with Crippen LogP contribution in [-0.4, -0.2) is 12.8 Å². The number of benzene rings is 3. The van der Waals surface area contributed by atoms with Gasteiger partial charge in [0.05, 0.1) is 11.1 Å². The van der Waals surface area contributed by atoms with Gasteiger partial charge in [0.2, 0.25) is 0 Å². The molecule has 0 aliphatic carbocycles. The molecule has 5 rings (SSSR count). The molecule has 2 aliphatic heterocycles. The molecule has 3 aromatic rings. The van der Waals surface area contributed by atoms with E-state index < -0.39 is 0 Å². The van der Waals surface area contributed by atoms with Crippen molar-refractivity contribution in [1.29, 1.82) is 0 Å². The van der Waals surface area contributed by atoms with E-state index in [9.17, 15) is 0 Å². The Kier molecular flexibility index (Phi) is 4.97. The Labute approximate surface area is 188 Å². The first-order valence-corrected chi connectivity index (χ1v) is 11.2. The van der Waals surface area contributed by atoms with Crippen molar-refractivity contribution in [2.45, 2.75) is 37.6 Å². The predicted octanol–water partition coefficient (Wildman–Crippen LogP) is 7.08. The third kappa shape index (κ3) is 3.10. The van der Waals surface area contributed by atoms with Crippen molar-refractivity contribution >= 4 is 35.1 Å². The van der Waals surface area contributed by atoms with E-state index in [2.05, 4.69) is 67.8 Å². The molecule has 2 nitrogen and oxygen atoms in total. The zero-order valence-electron chi connectivity index (χ0n) is 17.1. The first-order chi connectivity index (χ1) is 14.5. The second-order valence-electron chi connectivity index (χ2n) is 8.50. The summed E-state index contributed by atoms with van der Waals surface area (Å²) < 4.78 is 0. The van der Waals surface area contributed by atoms with E-state index in [0.717, 1.165) is 23.7 Å². The molecule has 152 valence electrons. The minimum absolute atomic E-state index is 0.112. The molecule has 0 unspecified atom stereocenters. The van der Waals surface area contributed by atoms with Gasteiger partial charge in [-0.15, -0.1) is 0 Å². The van der Waals surface area contributed by atoms with Gasteiger partial charge in [0, 0.05) is 28.2 Å². The first-order valence-electron chi connectivity index (χ1n) is 10.4. The van der Waals surface area contributed by atoms with Gasteiger partial charge in [-0.05, 0) is 73.3 Å². The lowest BCUT2D eigenvalue weighted by atomic mass is 9.60. The monoisotopic (exact) mass is 434 g/mol. The van der Waals surface area contributed by atoms with E-state index in [0.29, 0.717) is 5.02 Å². The second-order valence-corrected chi connectivity index (χ2v) is 9.37. The number of piperidine rings is 1. The Bertz CT molecular complexity index is 1150. The third-order valence-corrected chi connectivity index (χ3v) is 7.15. The van der Waals surface area contributed by atoms with Crippen molar-refractivity contribution in [3.63, 3.8) is 0 Å². The Balaban J connectivity index is 1.76. The minimum atomic E-state index is -0.304. The van der Waals surface area contributed by atoms with Crippen LogP contribution in [0.5, 0.6) is 0 Å². The number of halogens is 2. The van der Waals surface area contributed by atoms with Crippen LogP contribution < -0.4 is 5.32 Å². The number of hydrogen-bond donors (Lipinski definition) is 1. The molecule has 0 saturated carbocycles. The molecule has 2 heterocycles. The number of nitrogens with one attached hydrogen (secondary N) is 1. The summed E-state index contributed by atoms with van der Waals surface area (Å²) in [7, 11) is 0. The maximum absolute atomic E-state index is 6.41. The highest BCUT2D eigenvalue weighted by Crippen LogP contribution is 2.56. The summed E-state index contributed by atoms with van der Waals surface area (Å²) in [5.74, 6) is 0.258. The Hall–Kier alpha value is -2.13. The average molecular weight is 435 g/mol. The number of aryl methyl sites for hydroxylation is 2. The molecule has 3 aromatic carbocycles. The lowest BCUT2D eigenvalue weighted by Gasteiger charge is -2.48. The van der Waals surface area contributed by atoms with Crippen LogP contribution in [0.15, 0.2) is 65.7 Å². The van der Waals surface area contributed by atoms with Crippen LogP contribution in [0.1, 0.15) is 46.2 Å². The first kappa shape index (κ1) is 19.8.